The fraction of sp³-hybridized carbons (Fsp3) is 0.474. The van der Waals surface area contributed by atoms with Crippen LogP contribution in [0.4, 0.5) is 4.48 Å². The van der Waals surface area contributed by atoms with Gasteiger partial charge in [0, 0.05) is 5.39 Å². The molecule has 3 saturated heterocycles. The van der Waals surface area contributed by atoms with Gasteiger partial charge in [-0.15, -0.1) is 4.71 Å². The Hall–Kier alpha value is -1.65. The summed E-state index contributed by atoms with van der Waals surface area (Å²) in [6, 6.07) is 14.2. The number of ether oxygens (including phenoxy) is 1. The fourth-order valence-corrected chi connectivity index (χ4v) is 4.25. The Kier molecular flexibility index (Phi) is 3.36. The predicted molar refractivity (Wildman–Crippen MR) is 89.7 cm³/mol. The van der Waals surface area contributed by atoms with Crippen molar-refractivity contribution in [1.82, 2.24) is 0 Å². The molecule has 0 aromatic heterocycles. The number of piperazine rings is 3. The van der Waals surface area contributed by atoms with Gasteiger partial charge in [0.25, 0.3) is 0 Å². The Balaban J connectivity index is 1.61. The van der Waals surface area contributed by atoms with Crippen molar-refractivity contribution in [2.24, 2.45) is 0 Å². The minimum absolute atomic E-state index is 0.0820. The number of benzene rings is 2. The van der Waals surface area contributed by atoms with Crippen LogP contribution >= 0.6 is 0 Å². The third-order valence-electron chi connectivity index (χ3n) is 5.85. The van der Waals surface area contributed by atoms with E-state index in [4.69, 9.17) is 4.74 Å². The number of halogens is 1. The molecule has 3 aliphatic heterocycles. The molecule has 0 saturated carbocycles. The standard InChI is InChI=1S/C19H25FN2O/c1-15(18-14-21(2)10-12-22(18,20)13-11-21)23-19-9-5-7-16-6-3-4-8-17(16)19/h3-9,15,18H,10-14H2,1-2H3/q+2/t15-,18?,21?,22?/m1/s1. The lowest BCUT2D eigenvalue weighted by Gasteiger charge is -2.52. The first-order valence-corrected chi connectivity index (χ1v) is 8.54. The zero-order valence-electron chi connectivity index (χ0n) is 13.9. The monoisotopic (exact) mass is 316 g/mol. The lowest BCUT2D eigenvalue weighted by atomic mass is 10.00. The number of fused-ring (bicyclic) bond motifs is 4. The number of nitrogens with zero attached hydrogens (tertiary/aromatic N) is 2. The number of hydrogen-bond acceptors (Lipinski definition) is 1. The van der Waals surface area contributed by atoms with Crippen LogP contribution in [0.1, 0.15) is 6.92 Å². The maximum Gasteiger partial charge on any atom is 0.210 e. The van der Waals surface area contributed by atoms with Crippen LogP contribution in [0.25, 0.3) is 10.8 Å². The van der Waals surface area contributed by atoms with Gasteiger partial charge in [-0.3, -0.25) is 0 Å². The van der Waals surface area contributed by atoms with Crippen LogP contribution < -0.4 is 4.74 Å². The van der Waals surface area contributed by atoms with E-state index < -0.39 is 0 Å². The normalized spacial score (nSPS) is 34.5. The molecule has 3 fully saturated rings. The van der Waals surface area contributed by atoms with Crippen molar-refractivity contribution >= 4 is 10.8 Å². The SMILES string of the molecule is C[C@@H](Oc1cccc2ccccc12)C1C[N+]2(C)CC[N+]1(F)CC2. The molecular formula is C19H25FN2O+2. The molecule has 3 aliphatic rings. The van der Waals surface area contributed by atoms with Crippen LogP contribution in [-0.2, 0) is 0 Å². The molecule has 0 aliphatic carbocycles. The fourth-order valence-electron chi connectivity index (χ4n) is 4.25. The Labute approximate surface area is 137 Å². The maximum absolute atomic E-state index is 15.3. The van der Waals surface area contributed by atoms with Crippen molar-refractivity contribution in [1.29, 1.82) is 0 Å². The summed E-state index contributed by atoms with van der Waals surface area (Å²) in [7, 11) is 2.25. The van der Waals surface area contributed by atoms with Gasteiger partial charge in [-0.05, 0) is 22.9 Å². The zero-order chi connectivity index (χ0) is 16.1. The molecular weight excluding hydrogens is 291 g/mol. The molecule has 2 aromatic rings. The summed E-state index contributed by atoms with van der Waals surface area (Å²) in [6.45, 7) is 6.00. The Bertz CT molecular complexity index is 719. The molecule has 3 nitrogen and oxygen atoms in total. The summed E-state index contributed by atoms with van der Waals surface area (Å²) in [5, 5.41) is 2.26. The summed E-state index contributed by atoms with van der Waals surface area (Å²) in [4.78, 5) is 0. The zero-order valence-corrected chi connectivity index (χ0v) is 13.9. The highest BCUT2D eigenvalue weighted by Gasteiger charge is 2.58. The number of quaternary nitrogens is 2. The predicted octanol–water partition coefficient (Wildman–Crippen LogP) is 3.15. The van der Waals surface area contributed by atoms with Crippen molar-refractivity contribution in [3.63, 3.8) is 0 Å². The van der Waals surface area contributed by atoms with Gasteiger partial charge >= 0.3 is 0 Å². The highest BCUT2D eigenvalue weighted by molar-refractivity contribution is 5.88. The molecule has 0 radical (unpaired) electrons. The van der Waals surface area contributed by atoms with E-state index >= 15 is 4.48 Å². The van der Waals surface area contributed by atoms with Crippen LogP contribution in [-0.4, -0.2) is 61.1 Å². The van der Waals surface area contributed by atoms with E-state index in [1.807, 2.05) is 31.2 Å². The van der Waals surface area contributed by atoms with Crippen LogP contribution in [0.15, 0.2) is 42.5 Å². The van der Waals surface area contributed by atoms with E-state index in [1.54, 1.807) is 0 Å². The van der Waals surface area contributed by atoms with E-state index in [1.165, 1.54) is 0 Å². The molecule has 5 rings (SSSR count). The first-order chi connectivity index (χ1) is 11.0. The van der Waals surface area contributed by atoms with Crippen LogP contribution in [0.3, 0.4) is 0 Å². The Morgan fingerprint density at radius 2 is 1.74 bits per heavy atom. The average molecular weight is 316 g/mol. The second-order valence-corrected chi connectivity index (χ2v) is 7.49. The van der Waals surface area contributed by atoms with Crippen molar-refractivity contribution in [2.75, 3.05) is 39.8 Å². The van der Waals surface area contributed by atoms with Crippen LogP contribution in [0.2, 0.25) is 0 Å². The number of hydrogen-bond donors (Lipinski definition) is 0. The summed E-state index contributed by atoms with van der Waals surface area (Å²) in [5.41, 5.74) is 0. The van der Waals surface area contributed by atoms with Gasteiger partial charge in [-0.25, -0.2) is 0 Å². The second kappa shape index (κ2) is 5.18. The van der Waals surface area contributed by atoms with Crippen molar-refractivity contribution in [3.05, 3.63) is 42.5 Å². The number of rotatable bonds is 3. The van der Waals surface area contributed by atoms with E-state index in [2.05, 4.69) is 25.2 Å². The van der Waals surface area contributed by atoms with Gasteiger partial charge in [0.05, 0.1) is 7.05 Å². The smallest absolute Gasteiger partial charge is 0.210 e. The van der Waals surface area contributed by atoms with Gasteiger partial charge in [0.2, 0.25) is 6.04 Å². The Morgan fingerprint density at radius 3 is 2.52 bits per heavy atom. The third-order valence-corrected chi connectivity index (χ3v) is 5.85. The number of likely N-dealkylation sites (N-methyl/N-ethyl adjacent to an activating group) is 1. The minimum atomic E-state index is -0.320. The first kappa shape index (κ1) is 14.9. The molecule has 23 heavy (non-hydrogen) atoms. The van der Waals surface area contributed by atoms with Crippen molar-refractivity contribution in [2.45, 2.75) is 19.1 Å². The Morgan fingerprint density at radius 1 is 1.04 bits per heavy atom. The van der Waals surface area contributed by atoms with Gasteiger partial charge in [-0.2, -0.15) is 0 Å². The highest BCUT2D eigenvalue weighted by atomic mass is 19.2. The van der Waals surface area contributed by atoms with E-state index in [0.717, 1.165) is 40.6 Å². The summed E-state index contributed by atoms with van der Waals surface area (Å²) in [5.74, 6) is 0.863. The van der Waals surface area contributed by atoms with Gasteiger partial charge in [0.1, 0.15) is 25.4 Å². The van der Waals surface area contributed by atoms with Crippen molar-refractivity contribution < 1.29 is 18.4 Å². The molecule has 0 spiro atoms. The molecule has 2 atom stereocenters. The molecule has 2 aromatic carbocycles. The minimum Gasteiger partial charge on any atom is -0.483 e. The van der Waals surface area contributed by atoms with E-state index in [9.17, 15) is 0 Å². The summed E-state index contributed by atoms with van der Waals surface area (Å²) < 4.78 is 22.2. The van der Waals surface area contributed by atoms with Crippen molar-refractivity contribution in [3.8, 4) is 5.75 Å². The van der Waals surface area contributed by atoms with Gasteiger partial charge in [-0.1, -0.05) is 36.4 Å². The molecule has 122 valence electrons. The van der Waals surface area contributed by atoms with Gasteiger partial charge in [0.15, 0.2) is 19.2 Å². The molecule has 0 N–H and O–H groups in total. The largest absolute Gasteiger partial charge is 0.483 e. The van der Waals surface area contributed by atoms with Crippen LogP contribution in [0, 0.1) is 0 Å². The third kappa shape index (κ3) is 2.50. The first-order valence-electron chi connectivity index (χ1n) is 8.54. The molecule has 1 unspecified atom stereocenters. The summed E-state index contributed by atoms with van der Waals surface area (Å²) >= 11 is 0. The topological polar surface area (TPSA) is 9.23 Å². The lowest BCUT2D eigenvalue weighted by Crippen LogP contribution is -2.77. The lowest BCUT2D eigenvalue weighted by molar-refractivity contribution is -1.16. The van der Waals surface area contributed by atoms with Crippen LogP contribution in [0.5, 0.6) is 5.75 Å². The molecule has 0 amide bonds. The van der Waals surface area contributed by atoms with E-state index in [0.29, 0.717) is 13.1 Å². The second-order valence-electron chi connectivity index (χ2n) is 7.49. The van der Waals surface area contributed by atoms with E-state index in [-0.39, 0.29) is 16.9 Å². The molecule has 3 heterocycles. The van der Waals surface area contributed by atoms with Gasteiger partial charge < -0.3 is 9.22 Å². The average Bonchev–Trinajstić information content (AvgIpc) is 2.56. The molecule has 2 bridgehead atoms. The molecule has 4 heteroatoms. The summed E-state index contributed by atoms with van der Waals surface area (Å²) in [6.07, 6.45) is -0.135. The highest BCUT2D eigenvalue weighted by Crippen LogP contribution is 2.34. The quantitative estimate of drug-likeness (QED) is 0.624. The maximum atomic E-state index is 15.3.